The number of hydrogen-bond acceptors (Lipinski definition) is 3. The van der Waals surface area contributed by atoms with E-state index in [0.717, 1.165) is 36.2 Å². The number of carbonyl (C=O) groups excluding carboxylic acids is 1. The first-order valence-electron chi connectivity index (χ1n) is 7.01. The number of aryl methyl sites for hydroxylation is 2. The largest absolute Gasteiger partial charge is 0.352 e. The summed E-state index contributed by atoms with van der Waals surface area (Å²) in [4.78, 5) is 12.2. The van der Waals surface area contributed by atoms with E-state index in [1.807, 2.05) is 25.6 Å². The van der Waals surface area contributed by atoms with Gasteiger partial charge in [0.05, 0.1) is 5.69 Å². The van der Waals surface area contributed by atoms with Crippen molar-refractivity contribution in [2.75, 3.05) is 6.54 Å². The average molecular weight is 264 g/mol. The zero-order valence-electron chi connectivity index (χ0n) is 12.1. The molecular weight excluding hydrogens is 240 g/mol. The zero-order chi connectivity index (χ0) is 14.0. The first kappa shape index (κ1) is 14.1. The highest BCUT2D eigenvalue weighted by atomic mass is 16.1. The Balaban J connectivity index is 1.97. The van der Waals surface area contributed by atoms with Crippen molar-refractivity contribution in [3.05, 3.63) is 17.0 Å². The Morgan fingerprint density at radius 2 is 2.21 bits per heavy atom. The molecule has 0 spiro atoms. The summed E-state index contributed by atoms with van der Waals surface area (Å²) in [6, 6.07) is 0. The molecule has 0 radical (unpaired) electrons. The molecule has 5 nitrogen and oxygen atoms in total. The second-order valence-corrected chi connectivity index (χ2v) is 5.52. The molecule has 1 aliphatic rings. The van der Waals surface area contributed by atoms with E-state index in [1.54, 1.807) is 0 Å². The highest BCUT2D eigenvalue weighted by Gasteiger charge is 2.31. The smallest absolute Gasteiger partial charge is 0.223 e. The van der Waals surface area contributed by atoms with Gasteiger partial charge in [-0.3, -0.25) is 9.48 Å². The lowest BCUT2D eigenvalue weighted by Gasteiger charge is -2.17. The lowest BCUT2D eigenvalue weighted by Crippen LogP contribution is -2.34. The highest BCUT2D eigenvalue weighted by Crippen LogP contribution is 2.31. The van der Waals surface area contributed by atoms with Gasteiger partial charge in [0.25, 0.3) is 0 Å². The van der Waals surface area contributed by atoms with Gasteiger partial charge >= 0.3 is 0 Å². The Bertz CT molecular complexity index is 466. The SMILES string of the molecule is Cc1nn(C)c(C)c1CNC(=O)C1CCCC1CN. The molecule has 0 aliphatic heterocycles. The predicted octanol–water partition coefficient (Wildman–Crippen LogP) is 1.03. The third-order valence-corrected chi connectivity index (χ3v) is 4.40. The normalized spacial score (nSPS) is 22.7. The van der Waals surface area contributed by atoms with Gasteiger partial charge in [-0.25, -0.2) is 0 Å². The fourth-order valence-corrected chi connectivity index (χ4v) is 3.04. The molecule has 1 aromatic heterocycles. The number of aromatic nitrogens is 2. The molecule has 2 unspecified atom stereocenters. The van der Waals surface area contributed by atoms with Crippen molar-refractivity contribution < 1.29 is 4.79 Å². The van der Waals surface area contributed by atoms with Crippen molar-refractivity contribution in [1.29, 1.82) is 0 Å². The van der Waals surface area contributed by atoms with Crippen LogP contribution in [-0.4, -0.2) is 22.2 Å². The standard InChI is InChI=1S/C14H24N4O/c1-9-13(10(2)18(3)17-9)8-16-14(19)12-6-4-5-11(12)7-15/h11-12H,4-8,15H2,1-3H3,(H,16,19). The summed E-state index contributed by atoms with van der Waals surface area (Å²) in [6.45, 7) is 5.19. The lowest BCUT2D eigenvalue weighted by atomic mass is 9.95. The van der Waals surface area contributed by atoms with Crippen molar-refractivity contribution >= 4 is 5.91 Å². The van der Waals surface area contributed by atoms with E-state index in [1.165, 1.54) is 0 Å². The Kier molecular flexibility index (Phi) is 4.24. The second kappa shape index (κ2) is 5.74. The van der Waals surface area contributed by atoms with Crippen molar-refractivity contribution in [3.63, 3.8) is 0 Å². The summed E-state index contributed by atoms with van der Waals surface area (Å²) in [7, 11) is 1.93. The van der Waals surface area contributed by atoms with E-state index >= 15 is 0 Å². The number of nitrogens with one attached hydrogen (secondary N) is 1. The highest BCUT2D eigenvalue weighted by molar-refractivity contribution is 5.79. The van der Waals surface area contributed by atoms with Crippen molar-refractivity contribution in [1.82, 2.24) is 15.1 Å². The topological polar surface area (TPSA) is 72.9 Å². The van der Waals surface area contributed by atoms with Gasteiger partial charge in [-0.2, -0.15) is 5.10 Å². The van der Waals surface area contributed by atoms with Crippen molar-refractivity contribution in [2.24, 2.45) is 24.6 Å². The molecule has 1 heterocycles. The van der Waals surface area contributed by atoms with Gasteiger partial charge in [-0.05, 0) is 39.2 Å². The van der Waals surface area contributed by atoms with Gasteiger partial charge in [0.15, 0.2) is 0 Å². The van der Waals surface area contributed by atoms with Crippen LogP contribution < -0.4 is 11.1 Å². The number of carbonyl (C=O) groups is 1. The molecule has 106 valence electrons. The molecule has 1 fully saturated rings. The van der Waals surface area contributed by atoms with Gasteiger partial charge in [0.2, 0.25) is 5.91 Å². The van der Waals surface area contributed by atoms with Crippen LogP contribution in [0.5, 0.6) is 0 Å². The minimum atomic E-state index is 0.0993. The van der Waals surface area contributed by atoms with Crippen LogP contribution in [0.2, 0.25) is 0 Å². The molecular formula is C14H24N4O. The van der Waals surface area contributed by atoms with E-state index in [-0.39, 0.29) is 11.8 Å². The maximum Gasteiger partial charge on any atom is 0.223 e. The molecule has 1 amide bonds. The van der Waals surface area contributed by atoms with E-state index < -0.39 is 0 Å². The summed E-state index contributed by atoms with van der Waals surface area (Å²) < 4.78 is 1.86. The summed E-state index contributed by atoms with van der Waals surface area (Å²) in [5, 5.41) is 7.41. The maximum absolute atomic E-state index is 12.2. The van der Waals surface area contributed by atoms with Crippen molar-refractivity contribution in [2.45, 2.75) is 39.7 Å². The zero-order valence-corrected chi connectivity index (χ0v) is 12.1. The number of hydrogen-bond donors (Lipinski definition) is 2. The Labute approximate surface area is 114 Å². The van der Waals surface area contributed by atoms with E-state index in [9.17, 15) is 4.79 Å². The Morgan fingerprint density at radius 3 is 2.79 bits per heavy atom. The van der Waals surface area contributed by atoms with Crippen LogP contribution in [0.3, 0.4) is 0 Å². The summed E-state index contributed by atoms with van der Waals surface area (Å²) in [5.41, 5.74) is 8.95. The first-order chi connectivity index (χ1) is 9.04. The molecule has 0 aromatic carbocycles. The van der Waals surface area contributed by atoms with Crippen LogP contribution in [0.15, 0.2) is 0 Å². The molecule has 2 rings (SSSR count). The fourth-order valence-electron chi connectivity index (χ4n) is 3.04. The number of nitrogens with two attached hydrogens (primary N) is 1. The summed E-state index contributed by atoms with van der Waals surface area (Å²) in [6.07, 6.45) is 3.17. The van der Waals surface area contributed by atoms with Gasteiger partial charge in [-0.15, -0.1) is 0 Å². The van der Waals surface area contributed by atoms with Crippen LogP contribution in [0, 0.1) is 25.7 Å². The number of nitrogens with zero attached hydrogens (tertiary/aromatic N) is 2. The molecule has 1 saturated carbocycles. The molecule has 1 aliphatic carbocycles. The molecule has 1 aromatic rings. The van der Waals surface area contributed by atoms with E-state index in [4.69, 9.17) is 5.73 Å². The molecule has 2 atom stereocenters. The van der Waals surface area contributed by atoms with E-state index in [2.05, 4.69) is 10.4 Å². The number of rotatable bonds is 4. The monoisotopic (exact) mass is 264 g/mol. The van der Waals surface area contributed by atoms with Crippen LogP contribution in [0.1, 0.15) is 36.2 Å². The molecule has 3 N–H and O–H groups in total. The average Bonchev–Trinajstić information content (AvgIpc) is 2.94. The summed E-state index contributed by atoms with van der Waals surface area (Å²) in [5.74, 6) is 0.606. The van der Waals surface area contributed by atoms with Crippen LogP contribution in [0.4, 0.5) is 0 Å². The van der Waals surface area contributed by atoms with Gasteiger partial charge in [0, 0.05) is 30.8 Å². The van der Waals surface area contributed by atoms with Gasteiger partial charge < -0.3 is 11.1 Å². The number of amides is 1. The lowest BCUT2D eigenvalue weighted by molar-refractivity contribution is -0.126. The van der Waals surface area contributed by atoms with Crippen LogP contribution in [-0.2, 0) is 18.4 Å². The minimum Gasteiger partial charge on any atom is -0.352 e. The quantitative estimate of drug-likeness (QED) is 0.853. The third kappa shape index (κ3) is 2.81. The minimum absolute atomic E-state index is 0.0993. The van der Waals surface area contributed by atoms with Gasteiger partial charge in [0.1, 0.15) is 0 Å². The van der Waals surface area contributed by atoms with Crippen LogP contribution >= 0.6 is 0 Å². The first-order valence-corrected chi connectivity index (χ1v) is 7.01. The predicted molar refractivity (Wildman–Crippen MR) is 74.4 cm³/mol. The second-order valence-electron chi connectivity index (χ2n) is 5.52. The molecule has 0 saturated heterocycles. The molecule has 5 heteroatoms. The Morgan fingerprint density at radius 1 is 1.47 bits per heavy atom. The van der Waals surface area contributed by atoms with Gasteiger partial charge in [-0.1, -0.05) is 6.42 Å². The maximum atomic E-state index is 12.2. The summed E-state index contributed by atoms with van der Waals surface area (Å²) >= 11 is 0. The molecule has 19 heavy (non-hydrogen) atoms. The Hall–Kier alpha value is -1.36. The third-order valence-electron chi connectivity index (χ3n) is 4.40. The fraction of sp³-hybridized carbons (Fsp3) is 0.714. The van der Waals surface area contributed by atoms with E-state index in [0.29, 0.717) is 19.0 Å². The van der Waals surface area contributed by atoms with Crippen molar-refractivity contribution in [3.8, 4) is 0 Å². The molecule has 0 bridgehead atoms. The van der Waals surface area contributed by atoms with Crippen LogP contribution in [0.25, 0.3) is 0 Å².